The molecule has 0 spiro atoms. The average Bonchev–Trinajstić information content (AvgIpc) is 2.33. The van der Waals surface area contributed by atoms with Crippen molar-refractivity contribution in [3.63, 3.8) is 0 Å². The van der Waals surface area contributed by atoms with Gasteiger partial charge >= 0.3 is 0 Å². The minimum Gasteiger partial charge on any atom is -0.287 e. The first-order chi connectivity index (χ1) is 8.90. The molecule has 0 radical (unpaired) electrons. The Bertz CT molecular complexity index is 657. The van der Waals surface area contributed by atoms with Crippen molar-refractivity contribution in [2.75, 3.05) is 0 Å². The summed E-state index contributed by atoms with van der Waals surface area (Å²) in [6.45, 7) is 9.98. The lowest BCUT2D eigenvalue weighted by molar-refractivity contribution is 0.103. The number of aryl methyl sites for hydroxylation is 5. The molecule has 2 heteroatoms. The maximum absolute atomic E-state index is 12.6. The molecule has 2 aromatic rings. The SMILES string of the molecule is Cc1cnc(C(=O)c2cc(C)c(C)cc2C)c(C)c1. The number of rotatable bonds is 2. The number of benzene rings is 1. The van der Waals surface area contributed by atoms with Gasteiger partial charge in [-0.25, -0.2) is 0 Å². The van der Waals surface area contributed by atoms with E-state index >= 15 is 0 Å². The average molecular weight is 253 g/mol. The highest BCUT2D eigenvalue weighted by atomic mass is 16.1. The van der Waals surface area contributed by atoms with E-state index in [1.807, 2.05) is 39.8 Å². The lowest BCUT2D eigenvalue weighted by atomic mass is 9.95. The van der Waals surface area contributed by atoms with E-state index in [1.54, 1.807) is 6.20 Å². The molecule has 0 bridgehead atoms. The Labute approximate surface area is 114 Å². The first kappa shape index (κ1) is 13.5. The molecular weight excluding hydrogens is 234 g/mol. The van der Waals surface area contributed by atoms with Crippen LogP contribution >= 0.6 is 0 Å². The van der Waals surface area contributed by atoms with E-state index < -0.39 is 0 Å². The van der Waals surface area contributed by atoms with Gasteiger partial charge in [0.1, 0.15) is 5.69 Å². The van der Waals surface area contributed by atoms with E-state index in [0.717, 1.165) is 27.8 Å². The second-order valence-corrected chi connectivity index (χ2v) is 5.26. The molecule has 0 fully saturated rings. The number of ketones is 1. The van der Waals surface area contributed by atoms with E-state index in [4.69, 9.17) is 0 Å². The zero-order valence-corrected chi connectivity index (χ0v) is 12.2. The molecule has 2 rings (SSSR count). The highest BCUT2D eigenvalue weighted by Gasteiger charge is 2.16. The number of pyridine rings is 1. The van der Waals surface area contributed by atoms with Gasteiger partial charge < -0.3 is 0 Å². The summed E-state index contributed by atoms with van der Waals surface area (Å²) in [6, 6.07) is 6.02. The normalized spacial score (nSPS) is 10.6. The zero-order valence-electron chi connectivity index (χ0n) is 12.2. The van der Waals surface area contributed by atoms with Crippen LogP contribution in [0.4, 0.5) is 0 Å². The van der Waals surface area contributed by atoms with E-state index in [0.29, 0.717) is 5.69 Å². The molecule has 98 valence electrons. The molecule has 0 N–H and O–H groups in total. The molecule has 0 amide bonds. The summed E-state index contributed by atoms with van der Waals surface area (Å²) in [7, 11) is 0. The van der Waals surface area contributed by atoms with Crippen molar-refractivity contribution in [1.29, 1.82) is 0 Å². The summed E-state index contributed by atoms with van der Waals surface area (Å²) < 4.78 is 0. The molecular formula is C17H19NO. The number of carbonyl (C=O) groups excluding carboxylic acids is 1. The fourth-order valence-electron chi connectivity index (χ4n) is 2.29. The van der Waals surface area contributed by atoms with Crippen molar-refractivity contribution in [2.24, 2.45) is 0 Å². The van der Waals surface area contributed by atoms with Crippen LogP contribution in [0.2, 0.25) is 0 Å². The topological polar surface area (TPSA) is 30.0 Å². The van der Waals surface area contributed by atoms with Gasteiger partial charge in [-0.1, -0.05) is 12.1 Å². The van der Waals surface area contributed by atoms with Crippen molar-refractivity contribution in [2.45, 2.75) is 34.6 Å². The van der Waals surface area contributed by atoms with Crippen molar-refractivity contribution in [1.82, 2.24) is 4.98 Å². The van der Waals surface area contributed by atoms with Crippen molar-refractivity contribution < 1.29 is 4.79 Å². The smallest absolute Gasteiger partial charge is 0.211 e. The molecule has 0 aliphatic carbocycles. The zero-order chi connectivity index (χ0) is 14.2. The molecule has 1 heterocycles. The third-order valence-corrected chi connectivity index (χ3v) is 3.52. The van der Waals surface area contributed by atoms with E-state index in [-0.39, 0.29) is 5.78 Å². The number of hydrogen-bond donors (Lipinski definition) is 0. The van der Waals surface area contributed by atoms with Gasteiger partial charge in [0.25, 0.3) is 0 Å². The van der Waals surface area contributed by atoms with Gasteiger partial charge in [-0.2, -0.15) is 0 Å². The Balaban J connectivity index is 2.53. The molecule has 1 aromatic carbocycles. The van der Waals surface area contributed by atoms with Crippen LogP contribution < -0.4 is 0 Å². The predicted octanol–water partition coefficient (Wildman–Crippen LogP) is 3.85. The second-order valence-electron chi connectivity index (χ2n) is 5.26. The lowest BCUT2D eigenvalue weighted by Gasteiger charge is -2.10. The summed E-state index contributed by atoms with van der Waals surface area (Å²) in [5.74, 6) is 0.0121. The first-order valence-corrected chi connectivity index (χ1v) is 6.46. The molecule has 0 saturated carbocycles. The largest absolute Gasteiger partial charge is 0.287 e. The van der Waals surface area contributed by atoms with Crippen LogP contribution in [-0.4, -0.2) is 10.8 Å². The number of aromatic nitrogens is 1. The quantitative estimate of drug-likeness (QED) is 0.761. The fourth-order valence-corrected chi connectivity index (χ4v) is 2.29. The van der Waals surface area contributed by atoms with Gasteiger partial charge in [-0.15, -0.1) is 0 Å². The maximum atomic E-state index is 12.6. The summed E-state index contributed by atoms with van der Waals surface area (Å²) in [5, 5.41) is 0. The molecule has 0 aliphatic heterocycles. The third kappa shape index (κ3) is 2.58. The first-order valence-electron chi connectivity index (χ1n) is 6.46. The highest BCUT2D eigenvalue weighted by Crippen LogP contribution is 2.19. The van der Waals surface area contributed by atoms with Gasteiger partial charge in [0, 0.05) is 11.8 Å². The van der Waals surface area contributed by atoms with Crippen LogP contribution in [0, 0.1) is 34.6 Å². The van der Waals surface area contributed by atoms with Crippen LogP contribution in [0.5, 0.6) is 0 Å². The van der Waals surface area contributed by atoms with Crippen molar-refractivity contribution in [3.8, 4) is 0 Å². The van der Waals surface area contributed by atoms with Crippen LogP contribution in [0.3, 0.4) is 0 Å². The van der Waals surface area contributed by atoms with Gasteiger partial charge in [0.05, 0.1) is 0 Å². The molecule has 0 atom stereocenters. The molecule has 2 nitrogen and oxygen atoms in total. The maximum Gasteiger partial charge on any atom is 0.211 e. The van der Waals surface area contributed by atoms with Crippen LogP contribution in [0.25, 0.3) is 0 Å². The van der Waals surface area contributed by atoms with E-state index in [2.05, 4.69) is 18.0 Å². The van der Waals surface area contributed by atoms with E-state index in [1.165, 1.54) is 5.56 Å². The van der Waals surface area contributed by atoms with Crippen molar-refractivity contribution >= 4 is 5.78 Å². The molecule has 1 aromatic heterocycles. The number of carbonyl (C=O) groups is 1. The lowest BCUT2D eigenvalue weighted by Crippen LogP contribution is -2.09. The highest BCUT2D eigenvalue weighted by molar-refractivity contribution is 6.09. The Morgan fingerprint density at radius 1 is 0.842 bits per heavy atom. The molecule has 0 saturated heterocycles. The van der Waals surface area contributed by atoms with Crippen molar-refractivity contribution in [3.05, 3.63) is 63.5 Å². The van der Waals surface area contributed by atoms with Gasteiger partial charge in [0.15, 0.2) is 0 Å². The molecule has 0 aliphatic rings. The third-order valence-electron chi connectivity index (χ3n) is 3.52. The van der Waals surface area contributed by atoms with Gasteiger partial charge in [-0.05, 0) is 68.5 Å². The minimum absolute atomic E-state index is 0.0121. The van der Waals surface area contributed by atoms with Crippen LogP contribution in [0.1, 0.15) is 43.9 Å². The minimum atomic E-state index is 0.0121. The number of hydrogen-bond acceptors (Lipinski definition) is 2. The summed E-state index contributed by atoms with van der Waals surface area (Å²) in [4.78, 5) is 16.9. The Morgan fingerprint density at radius 3 is 2.11 bits per heavy atom. The van der Waals surface area contributed by atoms with Gasteiger partial charge in [-0.3, -0.25) is 9.78 Å². The van der Waals surface area contributed by atoms with Crippen LogP contribution in [-0.2, 0) is 0 Å². The standard InChI is InChI=1S/C17H19NO/c1-10-6-14(5)16(18-9-10)17(19)15-8-12(3)11(2)7-13(15)4/h6-9H,1-5H3. The number of nitrogens with zero attached hydrogens (tertiary/aromatic N) is 1. The summed E-state index contributed by atoms with van der Waals surface area (Å²) in [6.07, 6.45) is 1.75. The summed E-state index contributed by atoms with van der Waals surface area (Å²) >= 11 is 0. The molecule has 19 heavy (non-hydrogen) atoms. The Hall–Kier alpha value is -1.96. The van der Waals surface area contributed by atoms with Crippen LogP contribution in [0.15, 0.2) is 24.4 Å². The van der Waals surface area contributed by atoms with Gasteiger partial charge in [0.2, 0.25) is 5.78 Å². The Morgan fingerprint density at radius 2 is 1.47 bits per heavy atom. The molecule has 0 unspecified atom stereocenters. The summed E-state index contributed by atoms with van der Waals surface area (Å²) in [5.41, 5.74) is 6.67. The second kappa shape index (κ2) is 4.96. The van der Waals surface area contributed by atoms with E-state index in [9.17, 15) is 4.79 Å². The monoisotopic (exact) mass is 253 g/mol. The predicted molar refractivity (Wildman–Crippen MR) is 77.8 cm³/mol. The Kier molecular flexibility index (Phi) is 3.52. The fraction of sp³-hybridized carbons (Fsp3) is 0.294.